The molecule has 0 aromatic heterocycles. The van der Waals surface area contributed by atoms with Crippen LogP contribution in [0.5, 0.6) is 0 Å². The summed E-state index contributed by atoms with van der Waals surface area (Å²) in [5.41, 5.74) is 2.16. The van der Waals surface area contributed by atoms with Crippen molar-refractivity contribution in [1.82, 2.24) is 0 Å². The minimum absolute atomic E-state index is 0. The summed E-state index contributed by atoms with van der Waals surface area (Å²) in [5.74, 6) is 0. The average Bonchev–Trinajstić information content (AvgIpc) is 2.06. The lowest BCUT2D eigenvalue weighted by Gasteiger charge is -2.44. The van der Waals surface area contributed by atoms with Crippen molar-refractivity contribution >= 4 is 31.9 Å². The van der Waals surface area contributed by atoms with Crippen molar-refractivity contribution in [3.8, 4) is 0 Å². The molecule has 0 fully saturated rings. The number of hydrogen-bond acceptors (Lipinski definition) is 0. The summed E-state index contributed by atoms with van der Waals surface area (Å²) in [6, 6.07) is 0. The fourth-order valence-electron chi connectivity index (χ4n) is 2.83. The molecular formula is C14H26Br3N. The number of rotatable bonds is 1. The first-order valence-corrected chi connectivity index (χ1v) is 7.98. The van der Waals surface area contributed by atoms with E-state index in [1.165, 1.54) is 16.6 Å². The molecule has 4 heteroatoms. The van der Waals surface area contributed by atoms with Gasteiger partial charge in [0, 0.05) is 5.41 Å². The first-order chi connectivity index (χ1) is 7.37. The normalized spacial score (nSPS) is 26.8. The predicted octanol–water partition coefficient (Wildman–Crippen LogP) is 1.18. The van der Waals surface area contributed by atoms with Crippen molar-refractivity contribution in [3.63, 3.8) is 0 Å². The average molecular weight is 448 g/mol. The third kappa shape index (κ3) is 4.32. The van der Waals surface area contributed by atoms with E-state index >= 15 is 0 Å². The molecule has 1 aliphatic rings. The molecule has 0 saturated carbocycles. The molecule has 0 aliphatic heterocycles. The number of halogens is 3. The lowest BCUT2D eigenvalue weighted by atomic mass is 9.68. The van der Waals surface area contributed by atoms with Gasteiger partial charge in [-0.2, -0.15) is 0 Å². The second kappa shape index (κ2) is 5.87. The van der Waals surface area contributed by atoms with Gasteiger partial charge >= 0.3 is 0 Å². The van der Waals surface area contributed by atoms with E-state index in [0.29, 0.717) is 4.83 Å². The minimum atomic E-state index is 0. The third-order valence-corrected chi connectivity index (χ3v) is 6.56. The Balaban J connectivity index is 0.00000289. The highest BCUT2D eigenvalue weighted by Gasteiger charge is 2.47. The SMILES string of the molecule is CC(C)(C)[NH2+]C1=C(Br)C(C)(C)CC(C)(C)C1Br.[Br-]. The molecule has 0 aromatic rings. The Labute approximate surface area is 140 Å². The van der Waals surface area contributed by atoms with E-state index in [1.807, 2.05) is 0 Å². The van der Waals surface area contributed by atoms with Crippen LogP contribution in [0.1, 0.15) is 54.9 Å². The maximum absolute atomic E-state index is 3.90. The summed E-state index contributed by atoms with van der Waals surface area (Å²) in [5, 5.41) is 2.40. The van der Waals surface area contributed by atoms with E-state index in [2.05, 4.69) is 85.6 Å². The van der Waals surface area contributed by atoms with Crippen LogP contribution in [0.3, 0.4) is 0 Å². The quantitative estimate of drug-likeness (QED) is 0.581. The molecule has 0 saturated heterocycles. The van der Waals surface area contributed by atoms with Crippen molar-refractivity contribution < 1.29 is 22.3 Å². The molecule has 1 aliphatic carbocycles. The van der Waals surface area contributed by atoms with Gasteiger partial charge in [0.2, 0.25) is 0 Å². The third-order valence-electron chi connectivity index (χ3n) is 3.29. The lowest BCUT2D eigenvalue weighted by Crippen LogP contribution is -3.00. The van der Waals surface area contributed by atoms with Crippen LogP contribution in [-0.4, -0.2) is 10.4 Å². The largest absolute Gasteiger partial charge is 1.00 e. The molecule has 108 valence electrons. The highest BCUT2D eigenvalue weighted by Crippen LogP contribution is 2.52. The van der Waals surface area contributed by atoms with Crippen molar-refractivity contribution in [3.05, 3.63) is 10.2 Å². The number of alkyl halides is 1. The van der Waals surface area contributed by atoms with Gasteiger partial charge in [-0.15, -0.1) is 0 Å². The fraction of sp³-hybridized carbons (Fsp3) is 0.857. The monoisotopic (exact) mass is 445 g/mol. The fourth-order valence-corrected chi connectivity index (χ4v) is 4.15. The number of allylic oxidation sites excluding steroid dienone is 2. The maximum atomic E-state index is 3.90. The van der Waals surface area contributed by atoms with Gasteiger partial charge in [-0.1, -0.05) is 43.6 Å². The summed E-state index contributed by atoms with van der Waals surface area (Å²) in [7, 11) is 0. The summed E-state index contributed by atoms with van der Waals surface area (Å²) in [4.78, 5) is 0.427. The molecule has 0 radical (unpaired) electrons. The van der Waals surface area contributed by atoms with Crippen LogP contribution >= 0.6 is 31.9 Å². The van der Waals surface area contributed by atoms with Crippen molar-refractivity contribution in [1.29, 1.82) is 0 Å². The zero-order valence-corrected chi connectivity index (χ0v) is 17.3. The zero-order chi connectivity index (χ0) is 13.6. The molecule has 1 rings (SSSR count). The number of nitrogens with two attached hydrogens (primary N) is 1. The Bertz CT molecular complexity index is 337. The number of quaternary nitrogens is 1. The van der Waals surface area contributed by atoms with Gasteiger partial charge in [0.25, 0.3) is 0 Å². The Morgan fingerprint density at radius 2 is 1.61 bits per heavy atom. The molecule has 1 unspecified atom stereocenters. The molecule has 0 amide bonds. The predicted molar refractivity (Wildman–Crippen MR) is 82.5 cm³/mol. The highest BCUT2D eigenvalue weighted by atomic mass is 79.9. The smallest absolute Gasteiger partial charge is 0.131 e. The minimum Gasteiger partial charge on any atom is -1.00 e. The molecule has 2 N–H and O–H groups in total. The van der Waals surface area contributed by atoms with Crippen LogP contribution in [-0.2, 0) is 0 Å². The van der Waals surface area contributed by atoms with Gasteiger partial charge in [0.1, 0.15) is 5.70 Å². The summed E-state index contributed by atoms with van der Waals surface area (Å²) in [6.07, 6.45) is 1.19. The van der Waals surface area contributed by atoms with E-state index < -0.39 is 0 Å². The molecule has 0 heterocycles. The standard InChI is InChI=1S/C14H25Br2N.BrH/c1-12(2,3)17-9-10(15)13(4,5)8-14(6,7)11(9)16;/h10,17H,8H2,1-7H3;1H. The van der Waals surface area contributed by atoms with Gasteiger partial charge in [-0.3, -0.25) is 0 Å². The highest BCUT2D eigenvalue weighted by molar-refractivity contribution is 9.12. The van der Waals surface area contributed by atoms with Gasteiger partial charge in [-0.05, 0) is 48.5 Å². The first kappa shape index (κ1) is 19.1. The Kier molecular flexibility index (Phi) is 6.24. The second-order valence-corrected chi connectivity index (χ2v) is 9.40. The summed E-state index contributed by atoms with van der Waals surface area (Å²) < 4.78 is 1.36. The molecule has 0 spiro atoms. The van der Waals surface area contributed by atoms with Crippen LogP contribution in [0.2, 0.25) is 0 Å². The van der Waals surface area contributed by atoms with Crippen LogP contribution in [0.25, 0.3) is 0 Å². The maximum Gasteiger partial charge on any atom is 0.131 e. The van der Waals surface area contributed by atoms with E-state index in [4.69, 9.17) is 0 Å². The molecule has 18 heavy (non-hydrogen) atoms. The van der Waals surface area contributed by atoms with E-state index in [9.17, 15) is 0 Å². The lowest BCUT2D eigenvalue weighted by molar-refractivity contribution is -0.676. The summed E-state index contributed by atoms with van der Waals surface area (Å²) in [6.45, 7) is 16.1. The van der Waals surface area contributed by atoms with Crippen molar-refractivity contribution in [2.24, 2.45) is 10.8 Å². The molecular weight excluding hydrogens is 422 g/mol. The Morgan fingerprint density at radius 3 is 2.00 bits per heavy atom. The summed E-state index contributed by atoms with van der Waals surface area (Å²) >= 11 is 7.74. The van der Waals surface area contributed by atoms with Crippen LogP contribution in [0, 0.1) is 10.8 Å². The van der Waals surface area contributed by atoms with Crippen LogP contribution in [0.15, 0.2) is 10.2 Å². The Hall–Kier alpha value is 1.14. The molecule has 1 nitrogen and oxygen atoms in total. The van der Waals surface area contributed by atoms with Gasteiger partial charge in [0.05, 0.1) is 14.8 Å². The Morgan fingerprint density at radius 1 is 1.17 bits per heavy atom. The zero-order valence-electron chi connectivity index (χ0n) is 12.5. The number of hydrogen-bond donors (Lipinski definition) is 1. The van der Waals surface area contributed by atoms with Crippen LogP contribution < -0.4 is 22.3 Å². The van der Waals surface area contributed by atoms with Gasteiger partial charge in [0.15, 0.2) is 0 Å². The first-order valence-electron chi connectivity index (χ1n) is 6.27. The molecule has 1 atom stereocenters. The van der Waals surface area contributed by atoms with Gasteiger partial charge < -0.3 is 22.3 Å². The van der Waals surface area contributed by atoms with Gasteiger partial charge in [-0.25, -0.2) is 0 Å². The second-order valence-electron chi connectivity index (χ2n) is 7.69. The topological polar surface area (TPSA) is 16.6 Å². The molecule has 0 bridgehead atoms. The van der Waals surface area contributed by atoms with Crippen LogP contribution in [0.4, 0.5) is 0 Å². The van der Waals surface area contributed by atoms with E-state index in [-0.39, 0.29) is 33.4 Å². The van der Waals surface area contributed by atoms with Crippen molar-refractivity contribution in [2.75, 3.05) is 0 Å². The molecule has 0 aromatic carbocycles. The van der Waals surface area contributed by atoms with E-state index in [1.54, 1.807) is 0 Å². The van der Waals surface area contributed by atoms with E-state index in [0.717, 1.165) is 0 Å². The van der Waals surface area contributed by atoms with Crippen molar-refractivity contribution in [2.45, 2.75) is 65.3 Å².